The summed E-state index contributed by atoms with van der Waals surface area (Å²) in [7, 11) is 0. The van der Waals surface area contributed by atoms with Crippen LogP contribution >= 0.6 is 11.3 Å². The van der Waals surface area contributed by atoms with Gasteiger partial charge in [-0.25, -0.2) is 0 Å². The molecule has 61 heavy (non-hydrogen) atoms. The molecule has 1 aromatic heterocycles. The van der Waals surface area contributed by atoms with Gasteiger partial charge in [0.05, 0.1) is 0 Å². The lowest BCUT2D eigenvalue weighted by atomic mass is 9.42. The van der Waals surface area contributed by atoms with Crippen molar-refractivity contribution in [1.82, 2.24) is 0 Å². The molecule has 2 nitrogen and oxygen atoms in total. The average molecular weight is 811 g/mol. The van der Waals surface area contributed by atoms with Crippen molar-refractivity contribution in [1.29, 1.82) is 0 Å². The third-order valence-electron chi connectivity index (χ3n) is 14.1. The summed E-state index contributed by atoms with van der Waals surface area (Å²) in [6.45, 7) is 25.8. The Morgan fingerprint density at radius 3 is 1.77 bits per heavy atom. The first-order valence-corrected chi connectivity index (χ1v) is 22.9. The summed E-state index contributed by atoms with van der Waals surface area (Å²) < 4.78 is 2.66. The molecular formula is C57H55BN2S. The van der Waals surface area contributed by atoms with Crippen LogP contribution in [0.5, 0.6) is 0 Å². The van der Waals surface area contributed by atoms with E-state index in [9.17, 15) is 0 Å². The van der Waals surface area contributed by atoms with Gasteiger partial charge in [-0.3, -0.25) is 0 Å². The summed E-state index contributed by atoms with van der Waals surface area (Å²) in [5, 5.41) is 2.67. The number of hydrogen-bond donors (Lipinski definition) is 0. The van der Waals surface area contributed by atoms with Gasteiger partial charge in [-0.2, -0.15) is 0 Å². The smallest absolute Gasteiger partial charge is 0.333 e. The van der Waals surface area contributed by atoms with Crippen molar-refractivity contribution in [3.63, 3.8) is 0 Å². The lowest BCUT2D eigenvalue weighted by molar-refractivity contribution is 0.590. The molecule has 0 radical (unpaired) electrons. The van der Waals surface area contributed by atoms with Crippen molar-refractivity contribution in [2.24, 2.45) is 0 Å². The Labute approximate surface area is 367 Å². The normalized spacial score (nSPS) is 15.2. The van der Waals surface area contributed by atoms with Gasteiger partial charge >= 0.3 is 6.85 Å². The summed E-state index contributed by atoms with van der Waals surface area (Å²) in [5.41, 5.74) is 21.1. The van der Waals surface area contributed by atoms with Crippen LogP contribution in [0.25, 0.3) is 42.4 Å². The largest absolute Gasteiger partial charge is 0.376 e. The number of benzene rings is 7. The van der Waals surface area contributed by atoms with Gasteiger partial charge in [-0.05, 0) is 126 Å². The van der Waals surface area contributed by atoms with Crippen LogP contribution in [-0.4, -0.2) is 6.85 Å². The van der Waals surface area contributed by atoms with Crippen LogP contribution in [-0.2, 0) is 21.7 Å². The Morgan fingerprint density at radius 2 is 1.10 bits per heavy atom. The quantitative estimate of drug-likeness (QED) is 0.161. The summed E-state index contributed by atoms with van der Waals surface area (Å²) in [4.78, 5) is 5.31. The van der Waals surface area contributed by atoms with Gasteiger partial charge in [-0.15, -0.1) is 11.3 Å². The van der Waals surface area contributed by atoms with E-state index in [-0.39, 0.29) is 28.5 Å². The van der Waals surface area contributed by atoms with Crippen LogP contribution in [0.3, 0.4) is 0 Å². The molecule has 3 aliphatic rings. The van der Waals surface area contributed by atoms with Crippen molar-refractivity contribution >= 4 is 77.7 Å². The van der Waals surface area contributed by atoms with Crippen molar-refractivity contribution in [3.05, 3.63) is 161 Å². The summed E-state index contributed by atoms with van der Waals surface area (Å²) in [6, 6.07) is 52.1. The van der Waals surface area contributed by atoms with Crippen LogP contribution < -0.4 is 20.6 Å². The minimum Gasteiger partial charge on any atom is -0.376 e. The molecule has 0 N–H and O–H groups in total. The van der Waals surface area contributed by atoms with Gasteiger partial charge < -0.3 is 9.71 Å². The summed E-state index contributed by atoms with van der Waals surface area (Å²) >= 11 is 1.92. The number of hydrogen-bond acceptors (Lipinski definition) is 3. The third kappa shape index (κ3) is 5.60. The third-order valence-corrected chi connectivity index (χ3v) is 15.2. The van der Waals surface area contributed by atoms with E-state index < -0.39 is 0 Å². The van der Waals surface area contributed by atoms with Crippen molar-refractivity contribution in [3.8, 4) is 22.3 Å². The molecule has 7 aromatic carbocycles. The highest BCUT2D eigenvalue weighted by molar-refractivity contribution is 7.25. The van der Waals surface area contributed by atoms with E-state index in [0.717, 1.165) is 0 Å². The van der Waals surface area contributed by atoms with Gasteiger partial charge in [0, 0.05) is 59.6 Å². The molecule has 3 heterocycles. The average Bonchev–Trinajstić information content (AvgIpc) is 3.69. The zero-order chi connectivity index (χ0) is 42.5. The predicted molar refractivity (Wildman–Crippen MR) is 267 cm³/mol. The SMILES string of the molecule is CC(C)(C)c1ccc(N2B3c4cc(C(C)(C)C)ccc4N(c4ccc(C(C)(C)C)cc4)c4cc5c(c(c43)-c3cc4c(cc32)sc2ccccc24)C(C)(C)c2ccccc2-5)cc1. The molecule has 302 valence electrons. The Kier molecular flexibility index (Phi) is 8.01. The van der Waals surface area contributed by atoms with Gasteiger partial charge in [0.25, 0.3) is 0 Å². The Morgan fingerprint density at radius 1 is 0.492 bits per heavy atom. The molecule has 0 atom stereocenters. The van der Waals surface area contributed by atoms with E-state index in [2.05, 4.69) is 219 Å². The highest BCUT2D eigenvalue weighted by Crippen LogP contribution is 2.58. The lowest BCUT2D eigenvalue weighted by Gasteiger charge is -2.47. The molecule has 0 bridgehead atoms. The Hall–Kier alpha value is -5.58. The fourth-order valence-electron chi connectivity index (χ4n) is 10.8. The summed E-state index contributed by atoms with van der Waals surface area (Å²) in [6.07, 6.45) is 0. The van der Waals surface area contributed by atoms with Gasteiger partial charge in [0.2, 0.25) is 0 Å². The molecule has 1 aliphatic carbocycles. The van der Waals surface area contributed by atoms with Gasteiger partial charge in [0.1, 0.15) is 0 Å². The Balaban J connectivity index is 1.32. The number of fused-ring (bicyclic) bond motifs is 11. The second-order valence-electron chi connectivity index (χ2n) is 21.5. The van der Waals surface area contributed by atoms with E-state index in [1.807, 2.05) is 11.3 Å². The standard InChI is InChI=1S/C57H55BN2S/c1-54(2,3)34-20-25-37(26-21-34)59-46-29-24-36(56(7,8)9)30-45(46)58-53-48(59)32-42-39-16-12-14-18-44(39)57(10,11)52(42)51(53)43-31-41-40-17-13-15-19-49(40)61-50(41)33-47(43)60(58)38-27-22-35(23-28-38)55(4,5)6/h12-33H,1-11H3. The molecule has 0 saturated heterocycles. The van der Waals surface area contributed by atoms with Crippen molar-refractivity contribution < 1.29 is 0 Å². The van der Waals surface area contributed by atoms with Crippen LogP contribution in [0.15, 0.2) is 133 Å². The number of rotatable bonds is 2. The lowest BCUT2D eigenvalue weighted by Crippen LogP contribution is -2.62. The number of thiophene rings is 1. The van der Waals surface area contributed by atoms with E-state index in [0.29, 0.717) is 0 Å². The topological polar surface area (TPSA) is 6.48 Å². The maximum Gasteiger partial charge on any atom is 0.333 e. The molecule has 0 saturated carbocycles. The van der Waals surface area contributed by atoms with E-state index in [1.54, 1.807) is 0 Å². The second-order valence-corrected chi connectivity index (χ2v) is 22.6. The van der Waals surface area contributed by atoms with Gasteiger partial charge in [0.15, 0.2) is 0 Å². The van der Waals surface area contributed by atoms with E-state index in [4.69, 9.17) is 0 Å². The van der Waals surface area contributed by atoms with Crippen molar-refractivity contribution in [2.45, 2.75) is 97.8 Å². The molecule has 8 aromatic rings. The zero-order valence-electron chi connectivity index (χ0n) is 37.6. The van der Waals surface area contributed by atoms with Gasteiger partial charge in [-0.1, -0.05) is 155 Å². The maximum atomic E-state index is 2.71. The molecule has 0 fully saturated rings. The monoisotopic (exact) mass is 810 g/mol. The first kappa shape index (κ1) is 38.4. The van der Waals surface area contributed by atoms with Crippen LogP contribution in [0.2, 0.25) is 0 Å². The molecule has 0 amide bonds. The fourth-order valence-corrected chi connectivity index (χ4v) is 11.9. The number of anilines is 5. The van der Waals surface area contributed by atoms with E-state index in [1.165, 1.54) is 110 Å². The first-order chi connectivity index (χ1) is 28.9. The molecule has 11 rings (SSSR count). The zero-order valence-corrected chi connectivity index (χ0v) is 38.4. The fraction of sp³-hybridized carbons (Fsp3) is 0.263. The summed E-state index contributed by atoms with van der Waals surface area (Å²) in [5.74, 6) is 0. The molecule has 4 heteroatoms. The Bertz CT molecular complexity index is 3110. The second kappa shape index (κ2) is 12.7. The molecule has 0 unspecified atom stereocenters. The maximum absolute atomic E-state index is 2.71. The highest BCUT2D eigenvalue weighted by atomic mass is 32.1. The van der Waals surface area contributed by atoms with E-state index >= 15 is 0 Å². The number of nitrogens with zero attached hydrogens (tertiary/aromatic N) is 2. The minimum absolute atomic E-state index is 0.0338. The van der Waals surface area contributed by atoms with Crippen LogP contribution in [0.4, 0.5) is 28.4 Å². The van der Waals surface area contributed by atoms with Crippen molar-refractivity contribution in [2.75, 3.05) is 9.71 Å². The van der Waals surface area contributed by atoms with Crippen LogP contribution in [0.1, 0.15) is 104 Å². The molecule has 2 aliphatic heterocycles. The highest BCUT2D eigenvalue weighted by Gasteiger charge is 2.50. The molecule has 0 spiro atoms. The minimum atomic E-state index is -0.215. The predicted octanol–water partition coefficient (Wildman–Crippen LogP) is 15.0. The molecular weight excluding hydrogens is 756 g/mol. The van der Waals surface area contributed by atoms with Crippen LogP contribution in [0, 0.1) is 0 Å². The first-order valence-electron chi connectivity index (χ1n) is 22.1.